The van der Waals surface area contributed by atoms with Gasteiger partial charge in [-0.05, 0) is 0 Å². The molecule has 0 atom stereocenters. The number of aliphatic hydroxyl groups excluding tert-OH is 1. The molecule has 0 aliphatic carbocycles. The fourth-order valence-electron chi connectivity index (χ4n) is 0.0430. The van der Waals surface area contributed by atoms with E-state index in [-0.39, 0.29) is 6.61 Å². The zero-order valence-corrected chi connectivity index (χ0v) is 2.72. The van der Waals surface area contributed by atoms with Crippen molar-refractivity contribution in [1.82, 2.24) is 0 Å². The maximum atomic E-state index is 9.19. The van der Waals surface area contributed by atoms with Crippen molar-refractivity contribution >= 4 is 0 Å². The molecule has 0 saturated carbocycles. The molecular formula is C3H5O2-. The van der Waals surface area contributed by atoms with E-state index >= 15 is 0 Å². The largest absolute Gasteiger partial charge is 0.878 e. The standard InChI is InChI=1S/C3H6O2/c4-2-1-3-5/h1-2,4-5H,3H2/p-1/b2-1+. The topological polar surface area (TPSA) is 43.3 Å². The first-order chi connectivity index (χ1) is 2.41. The van der Waals surface area contributed by atoms with E-state index in [9.17, 15) is 5.11 Å². The molecule has 0 amide bonds. The third-order valence-electron chi connectivity index (χ3n) is 0.202. The van der Waals surface area contributed by atoms with Gasteiger partial charge in [0.2, 0.25) is 0 Å². The minimum absolute atomic E-state index is 0.149. The van der Waals surface area contributed by atoms with E-state index in [1.807, 2.05) is 0 Å². The molecule has 2 heteroatoms. The Labute approximate surface area is 30.4 Å². The molecule has 0 bridgehead atoms. The van der Waals surface area contributed by atoms with Gasteiger partial charge in [0.25, 0.3) is 0 Å². The van der Waals surface area contributed by atoms with E-state index in [0.717, 1.165) is 6.08 Å². The van der Waals surface area contributed by atoms with Gasteiger partial charge in [-0.3, -0.25) is 0 Å². The molecule has 0 aromatic heterocycles. The normalized spacial score (nSPS) is 9.80. The number of hydrogen-bond donors (Lipinski definition) is 1. The number of aliphatic hydroxyl groups is 1. The van der Waals surface area contributed by atoms with Gasteiger partial charge >= 0.3 is 0 Å². The van der Waals surface area contributed by atoms with Crippen molar-refractivity contribution in [3.63, 3.8) is 0 Å². The first kappa shape index (κ1) is 4.50. The zero-order chi connectivity index (χ0) is 4.12. The lowest BCUT2D eigenvalue weighted by molar-refractivity contribution is -0.275. The molecule has 0 unspecified atom stereocenters. The van der Waals surface area contributed by atoms with E-state index < -0.39 is 0 Å². The van der Waals surface area contributed by atoms with Crippen LogP contribution in [0.2, 0.25) is 0 Å². The Morgan fingerprint density at radius 2 is 2.40 bits per heavy atom. The molecule has 1 N–H and O–H groups in total. The Bertz CT molecular complexity index is 31.9. The van der Waals surface area contributed by atoms with Crippen LogP contribution in [0.3, 0.4) is 0 Å². The van der Waals surface area contributed by atoms with E-state index in [1.54, 1.807) is 0 Å². The highest BCUT2D eigenvalue weighted by Gasteiger charge is 1.48. The van der Waals surface area contributed by atoms with Crippen LogP contribution in [0.1, 0.15) is 0 Å². The minimum Gasteiger partial charge on any atom is -0.878 e. The average molecular weight is 73.1 g/mol. The molecule has 5 heavy (non-hydrogen) atoms. The molecule has 0 spiro atoms. The van der Waals surface area contributed by atoms with Crippen molar-refractivity contribution in [1.29, 1.82) is 0 Å². The lowest BCUT2D eigenvalue weighted by atomic mass is 10.7. The molecule has 0 aromatic rings. The SMILES string of the molecule is [O-]/C=C/CO. The Kier molecular flexibility index (Phi) is 3.15. The van der Waals surface area contributed by atoms with E-state index in [2.05, 4.69) is 0 Å². The fraction of sp³-hybridized carbons (Fsp3) is 0.333. The van der Waals surface area contributed by atoms with Crippen LogP contribution in [0, 0.1) is 0 Å². The first-order valence-corrected chi connectivity index (χ1v) is 1.29. The summed E-state index contributed by atoms with van der Waals surface area (Å²) >= 11 is 0. The summed E-state index contributed by atoms with van der Waals surface area (Å²) in [6.07, 6.45) is 1.68. The van der Waals surface area contributed by atoms with Crippen LogP contribution in [0.4, 0.5) is 0 Å². The highest BCUT2D eigenvalue weighted by atomic mass is 16.3. The molecule has 0 aliphatic rings. The van der Waals surface area contributed by atoms with Crippen LogP contribution in [-0.2, 0) is 0 Å². The Balaban J connectivity index is 2.62. The molecule has 0 aliphatic heterocycles. The Morgan fingerprint density at radius 3 is 2.40 bits per heavy atom. The summed E-state index contributed by atoms with van der Waals surface area (Å²) in [5.41, 5.74) is 0. The predicted molar refractivity (Wildman–Crippen MR) is 16.2 cm³/mol. The summed E-state index contributed by atoms with van der Waals surface area (Å²) in [5.74, 6) is 0. The van der Waals surface area contributed by atoms with Gasteiger partial charge in [0.05, 0.1) is 6.61 Å². The van der Waals surface area contributed by atoms with Crippen LogP contribution in [0.15, 0.2) is 12.3 Å². The molecule has 0 radical (unpaired) electrons. The summed E-state index contributed by atoms with van der Waals surface area (Å²) in [5, 5.41) is 17.0. The summed E-state index contributed by atoms with van der Waals surface area (Å²) in [6, 6.07) is 0. The minimum atomic E-state index is -0.149. The second kappa shape index (κ2) is 3.50. The zero-order valence-electron chi connectivity index (χ0n) is 2.72. The molecule has 0 rings (SSSR count). The maximum absolute atomic E-state index is 9.19. The third-order valence-corrected chi connectivity index (χ3v) is 0.202. The van der Waals surface area contributed by atoms with Gasteiger partial charge in [-0.1, -0.05) is 6.08 Å². The molecular weight excluding hydrogens is 68.0 g/mol. The van der Waals surface area contributed by atoms with E-state index in [0.29, 0.717) is 6.26 Å². The van der Waals surface area contributed by atoms with Crippen molar-refractivity contribution in [2.24, 2.45) is 0 Å². The van der Waals surface area contributed by atoms with Gasteiger partial charge < -0.3 is 10.2 Å². The molecule has 0 aromatic carbocycles. The summed E-state index contributed by atoms with van der Waals surface area (Å²) in [7, 11) is 0. The highest BCUT2D eigenvalue weighted by Crippen LogP contribution is 1.52. The lowest BCUT2D eigenvalue weighted by Crippen LogP contribution is -1.85. The van der Waals surface area contributed by atoms with Crippen molar-refractivity contribution < 1.29 is 10.2 Å². The fourth-order valence-corrected chi connectivity index (χ4v) is 0.0430. The number of rotatable bonds is 1. The molecule has 0 saturated heterocycles. The molecule has 30 valence electrons. The monoisotopic (exact) mass is 73.0 g/mol. The van der Waals surface area contributed by atoms with Crippen LogP contribution in [-0.4, -0.2) is 11.7 Å². The van der Waals surface area contributed by atoms with Crippen molar-refractivity contribution in [2.75, 3.05) is 6.61 Å². The summed E-state index contributed by atoms with van der Waals surface area (Å²) < 4.78 is 0. The Morgan fingerprint density at radius 1 is 1.80 bits per heavy atom. The van der Waals surface area contributed by atoms with Gasteiger partial charge in [-0.2, -0.15) is 6.26 Å². The Hall–Kier alpha value is -0.500. The van der Waals surface area contributed by atoms with Crippen LogP contribution in [0.25, 0.3) is 0 Å². The first-order valence-electron chi connectivity index (χ1n) is 1.29. The van der Waals surface area contributed by atoms with Gasteiger partial charge in [-0.15, -0.1) is 0 Å². The smallest absolute Gasteiger partial charge is 0.0603 e. The quantitative estimate of drug-likeness (QED) is 0.398. The van der Waals surface area contributed by atoms with Gasteiger partial charge in [-0.25, -0.2) is 0 Å². The number of hydrogen-bond acceptors (Lipinski definition) is 2. The van der Waals surface area contributed by atoms with Gasteiger partial charge in [0.15, 0.2) is 0 Å². The van der Waals surface area contributed by atoms with Crippen LogP contribution >= 0.6 is 0 Å². The van der Waals surface area contributed by atoms with Gasteiger partial charge in [0.1, 0.15) is 0 Å². The lowest BCUT2D eigenvalue weighted by Gasteiger charge is -1.80. The average Bonchev–Trinajstić information content (AvgIpc) is 1.41. The molecule has 2 nitrogen and oxygen atoms in total. The van der Waals surface area contributed by atoms with Gasteiger partial charge in [0, 0.05) is 0 Å². The maximum Gasteiger partial charge on any atom is 0.0603 e. The molecule has 0 fully saturated rings. The predicted octanol–water partition coefficient (Wildman–Crippen LogP) is -1.15. The second-order valence-corrected chi connectivity index (χ2v) is 0.554. The van der Waals surface area contributed by atoms with E-state index in [4.69, 9.17) is 5.11 Å². The summed E-state index contributed by atoms with van der Waals surface area (Å²) in [6.45, 7) is -0.149. The summed E-state index contributed by atoms with van der Waals surface area (Å²) in [4.78, 5) is 0. The highest BCUT2D eigenvalue weighted by molar-refractivity contribution is 4.66. The van der Waals surface area contributed by atoms with E-state index in [1.165, 1.54) is 0 Å². The van der Waals surface area contributed by atoms with Crippen LogP contribution in [0.5, 0.6) is 0 Å². The van der Waals surface area contributed by atoms with Crippen LogP contribution < -0.4 is 5.11 Å². The van der Waals surface area contributed by atoms with Crippen molar-refractivity contribution in [3.8, 4) is 0 Å². The second-order valence-electron chi connectivity index (χ2n) is 0.554. The third kappa shape index (κ3) is 3.50. The van der Waals surface area contributed by atoms with Crippen molar-refractivity contribution in [3.05, 3.63) is 12.3 Å². The van der Waals surface area contributed by atoms with Crippen molar-refractivity contribution in [2.45, 2.75) is 0 Å². The molecule has 0 heterocycles.